The minimum atomic E-state index is -0.174. The molecule has 0 saturated heterocycles. The van der Waals surface area contributed by atoms with Crippen LogP contribution in [0, 0.1) is 0 Å². The number of thiophene rings is 1. The van der Waals surface area contributed by atoms with Gasteiger partial charge in [0.25, 0.3) is 0 Å². The van der Waals surface area contributed by atoms with Crippen molar-refractivity contribution in [3.05, 3.63) is 15.9 Å². The van der Waals surface area contributed by atoms with Crippen LogP contribution in [-0.4, -0.2) is 26.7 Å². The Morgan fingerprint density at radius 1 is 1.64 bits per heavy atom. The van der Waals surface area contributed by atoms with Gasteiger partial charge in [-0.25, -0.2) is 0 Å². The molecule has 3 nitrogen and oxygen atoms in total. The van der Waals surface area contributed by atoms with E-state index < -0.39 is 0 Å². The minimum Gasteiger partial charge on any atom is -0.469 e. The van der Waals surface area contributed by atoms with E-state index in [1.165, 1.54) is 7.11 Å². The van der Waals surface area contributed by atoms with Crippen molar-refractivity contribution in [2.45, 2.75) is 6.42 Å². The van der Waals surface area contributed by atoms with Crippen molar-refractivity contribution in [2.24, 2.45) is 0 Å². The molecule has 1 rings (SSSR count). The van der Waals surface area contributed by atoms with E-state index in [1.807, 2.05) is 24.1 Å². The molecule has 0 fully saturated rings. The lowest BCUT2D eigenvalue weighted by atomic mass is 10.4. The number of ether oxygens (including phenoxy) is 1. The lowest BCUT2D eigenvalue weighted by Gasteiger charge is -2.15. The Labute approximate surface area is 95.8 Å². The van der Waals surface area contributed by atoms with Gasteiger partial charge in [-0.1, -0.05) is 0 Å². The van der Waals surface area contributed by atoms with Crippen LogP contribution in [0.5, 0.6) is 0 Å². The van der Waals surface area contributed by atoms with Crippen molar-refractivity contribution in [1.82, 2.24) is 0 Å². The highest BCUT2D eigenvalue weighted by atomic mass is 79.9. The average molecular weight is 278 g/mol. The highest BCUT2D eigenvalue weighted by molar-refractivity contribution is 9.11. The molecule has 78 valence electrons. The third-order valence-electron chi connectivity index (χ3n) is 1.81. The van der Waals surface area contributed by atoms with E-state index >= 15 is 0 Å². The van der Waals surface area contributed by atoms with Crippen LogP contribution in [0.4, 0.5) is 5.00 Å². The van der Waals surface area contributed by atoms with Crippen LogP contribution in [0.1, 0.15) is 6.42 Å². The first-order chi connectivity index (χ1) is 6.63. The van der Waals surface area contributed by atoms with Crippen molar-refractivity contribution in [3.63, 3.8) is 0 Å². The fourth-order valence-corrected chi connectivity index (χ4v) is 2.33. The Balaban J connectivity index is 2.42. The normalized spacial score (nSPS) is 9.93. The van der Waals surface area contributed by atoms with Crippen molar-refractivity contribution >= 4 is 38.2 Å². The molecule has 1 aromatic rings. The maximum Gasteiger partial charge on any atom is 0.307 e. The average Bonchev–Trinajstić information content (AvgIpc) is 2.60. The van der Waals surface area contributed by atoms with Crippen LogP contribution < -0.4 is 4.90 Å². The van der Waals surface area contributed by atoms with Crippen LogP contribution in [0.3, 0.4) is 0 Å². The summed E-state index contributed by atoms with van der Waals surface area (Å²) in [6, 6.07) is 4.01. The molecule has 0 aromatic carbocycles. The van der Waals surface area contributed by atoms with Gasteiger partial charge in [0.05, 0.1) is 22.3 Å². The first kappa shape index (κ1) is 11.5. The number of carbonyl (C=O) groups excluding carboxylic acids is 1. The Bertz CT molecular complexity index is 314. The molecule has 0 unspecified atom stereocenters. The van der Waals surface area contributed by atoms with Gasteiger partial charge < -0.3 is 9.64 Å². The van der Waals surface area contributed by atoms with E-state index in [2.05, 4.69) is 20.7 Å². The quantitative estimate of drug-likeness (QED) is 0.793. The largest absolute Gasteiger partial charge is 0.469 e. The van der Waals surface area contributed by atoms with Crippen LogP contribution in [0.25, 0.3) is 0 Å². The number of nitrogens with zero attached hydrogens (tertiary/aromatic N) is 1. The second-order valence-electron chi connectivity index (χ2n) is 2.83. The van der Waals surface area contributed by atoms with Crippen LogP contribution in [0.15, 0.2) is 15.9 Å². The molecular formula is C9H12BrNO2S. The summed E-state index contributed by atoms with van der Waals surface area (Å²) < 4.78 is 5.67. The third kappa shape index (κ3) is 3.31. The highest BCUT2D eigenvalue weighted by Crippen LogP contribution is 2.28. The van der Waals surface area contributed by atoms with Gasteiger partial charge in [-0.3, -0.25) is 4.79 Å². The molecule has 0 aliphatic rings. The van der Waals surface area contributed by atoms with E-state index in [-0.39, 0.29) is 5.97 Å². The summed E-state index contributed by atoms with van der Waals surface area (Å²) in [5.41, 5.74) is 0. The molecule has 0 spiro atoms. The zero-order chi connectivity index (χ0) is 10.6. The molecule has 0 N–H and O–H groups in total. The topological polar surface area (TPSA) is 29.5 Å². The van der Waals surface area contributed by atoms with Crippen molar-refractivity contribution in [2.75, 3.05) is 25.6 Å². The predicted molar refractivity (Wildman–Crippen MR) is 61.9 cm³/mol. The van der Waals surface area contributed by atoms with Crippen LogP contribution in [0.2, 0.25) is 0 Å². The number of hydrogen-bond acceptors (Lipinski definition) is 4. The maximum atomic E-state index is 10.9. The molecule has 14 heavy (non-hydrogen) atoms. The number of hydrogen-bond donors (Lipinski definition) is 0. The van der Waals surface area contributed by atoms with E-state index in [4.69, 9.17) is 0 Å². The molecule has 1 heterocycles. The summed E-state index contributed by atoms with van der Waals surface area (Å²) in [6.07, 6.45) is 0.419. The van der Waals surface area contributed by atoms with Crippen LogP contribution >= 0.6 is 27.3 Å². The fraction of sp³-hybridized carbons (Fsp3) is 0.444. The fourth-order valence-electron chi connectivity index (χ4n) is 0.981. The standard InChI is InChI=1S/C9H12BrNO2S/c1-11(6-5-9(12)13-2)8-4-3-7(10)14-8/h3-4H,5-6H2,1-2H3. The molecule has 5 heteroatoms. The van der Waals surface area contributed by atoms with Gasteiger partial charge in [-0.2, -0.15) is 0 Å². The minimum absolute atomic E-state index is 0.174. The maximum absolute atomic E-state index is 10.9. The zero-order valence-corrected chi connectivity index (χ0v) is 10.5. The monoisotopic (exact) mass is 277 g/mol. The number of rotatable bonds is 4. The zero-order valence-electron chi connectivity index (χ0n) is 8.12. The number of carbonyl (C=O) groups is 1. The number of halogens is 1. The Morgan fingerprint density at radius 3 is 2.86 bits per heavy atom. The SMILES string of the molecule is COC(=O)CCN(C)c1ccc(Br)s1. The molecule has 0 aliphatic carbocycles. The first-order valence-electron chi connectivity index (χ1n) is 4.17. The Hall–Kier alpha value is -0.550. The Kier molecular flexibility index (Phi) is 4.41. The molecule has 0 atom stereocenters. The highest BCUT2D eigenvalue weighted by Gasteiger charge is 2.06. The molecular weight excluding hydrogens is 266 g/mol. The predicted octanol–water partition coefficient (Wildman–Crippen LogP) is 2.51. The van der Waals surface area contributed by atoms with Gasteiger partial charge >= 0.3 is 5.97 Å². The van der Waals surface area contributed by atoms with Crippen LogP contribution in [-0.2, 0) is 9.53 Å². The van der Waals surface area contributed by atoms with E-state index in [1.54, 1.807) is 11.3 Å². The second-order valence-corrected chi connectivity index (χ2v) is 5.27. The summed E-state index contributed by atoms with van der Waals surface area (Å²) in [7, 11) is 3.37. The second kappa shape index (κ2) is 5.36. The third-order valence-corrected chi connectivity index (χ3v) is 3.55. The summed E-state index contributed by atoms with van der Waals surface area (Å²) in [5, 5.41) is 1.14. The van der Waals surface area contributed by atoms with Crippen molar-refractivity contribution in [3.8, 4) is 0 Å². The molecule has 0 bridgehead atoms. The summed E-state index contributed by atoms with van der Waals surface area (Å²) >= 11 is 5.04. The lowest BCUT2D eigenvalue weighted by Crippen LogP contribution is -2.20. The smallest absolute Gasteiger partial charge is 0.307 e. The number of anilines is 1. The van der Waals surface area contributed by atoms with Gasteiger partial charge in [0.2, 0.25) is 0 Å². The van der Waals surface area contributed by atoms with Crippen molar-refractivity contribution < 1.29 is 9.53 Å². The molecule has 1 aromatic heterocycles. The molecule has 0 amide bonds. The van der Waals surface area contributed by atoms with Gasteiger partial charge in [0.1, 0.15) is 0 Å². The van der Waals surface area contributed by atoms with Gasteiger partial charge in [-0.15, -0.1) is 11.3 Å². The first-order valence-corrected chi connectivity index (χ1v) is 5.77. The van der Waals surface area contributed by atoms with Gasteiger partial charge in [0.15, 0.2) is 0 Å². The summed E-state index contributed by atoms with van der Waals surface area (Å²) in [5.74, 6) is -0.174. The van der Waals surface area contributed by atoms with Gasteiger partial charge in [-0.05, 0) is 28.1 Å². The van der Waals surface area contributed by atoms with E-state index in [0.29, 0.717) is 13.0 Å². The summed E-state index contributed by atoms with van der Waals surface area (Å²) in [6.45, 7) is 0.680. The van der Waals surface area contributed by atoms with Gasteiger partial charge in [0, 0.05) is 13.6 Å². The number of esters is 1. The lowest BCUT2D eigenvalue weighted by molar-refractivity contribution is -0.140. The molecule has 0 saturated carbocycles. The van der Waals surface area contributed by atoms with E-state index in [0.717, 1.165) is 8.79 Å². The molecule has 0 aliphatic heterocycles. The Morgan fingerprint density at radius 2 is 2.36 bits per heavy atom. The van der Waals surface area contributed by atoms with E-state index in [9.17, 15) is 4.79 Å². The summed E-state index contributed by atoms with van der Waals surface area (Å²) in [4.78, 5) is 12.9. The molecule has 0 radical (unpaired) electrons. The number of methoxy groups -OCH3 is 1. The van der Waals surface area contributed by atoms with Crippen molar-refractivity contribution in [1.29, 1.82) is 0 Å².